The fourth-order valence-electron chi connectivity index (χ4n) is 2.91. The molecule has 0 aromatic heterocycles. The lowest BCUT2D eigenvalue weighted by Gasteiger charge is -2.14. The fraction of sp³-hybridized carbons (Fsp3) is 0.200. The van der Waals surface area contributed by atoms with E-state index in [1.165, 1.54) is 11.0 Å². The van der Waals surface area contributed by atoms with Crippen molar-refractivity contribution in [2.24, 2.45) is 10.1 Å². The highest BCUT2D eigenvalue weighted by Crippen LogP contribution is 2.29. The van der Waals surface area contributed by atoms with Crippen LogP contribution in [0.15, 0.2) is 52.6 Å². The zero-order valence-electron chi connectivity index (χ0n) is 15.6. The zero-order valence-corrected chi connectivity index (χ0v) is 15.6. The number of nitrogens with one attached hydrogen (secondary N) is 1. The molecular formula is C20H19FN4O4. The van der Waals surface area contributed by atoms with Gasteiger partial charge in [-0.15, -0.1) is 0 Å². The summed E-state index contributed by atoms with van der Waals surface area (Å²) >= 11 is 0. The minimum atomic E-state index is -0.499. The lowest BCUT2D eigenvalue weighted by Crippen LogP contribution is -2.28. The Bertz CT molecular complexity index is 975. The van der Waals surface area contributed by atoms with E-state index in [0.29, 0.717) is 28.9 Å². The van der Waals surface area contributed by atoms with E-state index in [1.807, 2.05) is 0 Å². The van der Waals surface area contributed by atoms with Gasteiger partial charge in [-0.3, -0.25) is 9.69 Å². The van der Waals surface area contributed by atoms with E-state index in [0.717, 1.165) is 0 Å². The average Bonchev–Trinajstić information content (AvgIpc) is 3.06. The van der Waals surface area contributed by atoms with Crippen LogP contribution >= 0.6 is 0 Å². The number of cyclic esters (lactones) is 1. The molecule has 1 unspecified atom stereocenters. The number of nitrogens with zero attached hydrogens (tertiary/aromatic N) is 3. The number of ether oxygens (including phenoxy) is 1. The maximum atomic E-state index is 14.6. The standard InChI is InChI=1S/C20H19FN4O4/c1-12-11-25(20(27)29-12)15-7-8-16(17(21)9-15)13-3-5-14(6-4-13)19(26)23-10-18(22-2)24-28/h3-9,12,28H,2,10-11H2,1H3,(H,23,26)/b24-18-. The predicted molar refractivity (Wildman–Crippen MR) is 106 cm³/mol. The number of benzene rings is 2. The summed E-state index contributed by atoms with van der Waals surface area (Å²) in [6.07, 6.45) is -0.744. The largest absolute Gasteiger partial charge is 0.444 e. The number of oxime groups is 1. The Kier molecular flexibility index (Phi) is 5.87. The summed E-state index contributed by atoms with van der Waals surface area (Å²) in [5.74, 6) is -0.917. The number of carbonyl (C=O) groups excluding carboxylic acids is 2. The van der Waals surface area contributed by atoms with Crippen LogP contribution in [0.2, 0.25) is 0 Å². The van der Waals surface area contributed by atoms with Crippen molar-refractivity contribution in [1.82, 2.24) is 5.32 Å². The van der Waals surface area contributed by atoms with Crippen molar-refractivity contribution >= 4 is 30.2 Å². The Morgan fingerprint density at radius 2 is 2.07 bits per heavy atom. The maximum absolute atomic E-state index is 14.6. The second kappa shape index (κ2) is 8.51. The van der Waals surface area contributed by atoms with Gasteiger partial charge in [0.05, 0.1) is 18.8 Å². The Labute approximate surface area is 166 Å². The number of anilines is 1. The molecule has 2 amide bonds. The molecule has 1 saturated heterocycles. The number of carbonyl (C=O) groups is 2. The van der Waals surface area contributed by atoms with Crippen LogP contribution in [-0.2, 0) is 4.74 Å². The highest BCUT2D eigenvalue weighted by Gasteiger charge is 2.29. The summed E-state index contributed by atoms with van der Waals surface area (Å²) in [4.78, 5) is 28.7. The highest BCUT2D eigenvalue weighted by molar-refractivity contribution is 5.98. The van der Waals surface area contributed by atoms with Crippen molar-refractivity contribution in [1.29, 1.82) is 0 Å². The molecule has 1 heterocycles. The van der Waals surface area contributed by atoms with E-state index in [9.17, 15) is 14.0 Å². The monoisotopic (exact) mass is 398 g/mol. The fourth-order valence-corrected chi connectivity index (χ4v) is 2.91. The number of amidine groups is 1. The van der Waals surface area contributed by atoms with E-state index in [1.54, 1.807) is 43.3 Å². The second-order valence-electron chi connectivity index (χ2n) is 6.40. The van der Waals surface area contributed by atoms with Gasteiger partial charge in [0, 0.05) is 11.1 Å². The van der Waals surface area contributed by atoms with Crippen LogP contribution in [-0.4, -0.2) is 49.0 Å². The van der Waals surface area contributed by atoms with Gasteiger partial charge in [0.2, 0.25) is 0 Å². The first-order valence-electron chi connectivity index (χ1n) is 8.77. The molecule has 29 heavy (non-hydrogen) atoms. The molecule has 150 valence electrons. The van der Waals surface area contributed by atoms with E-state index >= 15 is 0 Å². The van der Waals surface area contributed by atoms with Crippen molar-refractivity contribution in [2.75, 3.05) is 18.0 Å². The first-order valence-corrected chi connectivity index (χ1v) is 8.77. The predicted octanol–water partition coefficient (Wildman–Crippen LogP) is 3.06. The van der Waals surface area contributed by atoms with Crippen LogP contribution in [0.3, 0.4) is 0 Å². The topological polar surface area (TPSA) is 104 Å². The lowest BCUT2D eigenvalue weighted by molar-refractivity contribution is 0.0959. The summed E-state index contributed by atoms with van der Waals surface area (Å²) in [6, 6.07) is 10.8. The van der Waals surface area contributed by atoms with Crippen LogP contribution in [0.1, 0.15) is 17.3 Å². The van der Waals surface area contributed by atoms with E-state index in [4.69, 9.17) is 9.94 Å². The molecule has 2 aromatic rings. The number of amides is 2. The van der Waals surface area contributed by atoms with E-state index in [2.05, 4.69) is 22.2 Å². The van der Waals surface area contributed by atoms with Crippen molar-refractivity contribution in [2.45, 2.75) is 13.0 Å². The van der Waals surface area contributed by atoms with Gasteiger partial charge in [-0.25, -0.2) is 14.2 Å². The summed E-state index contributed by atoms with van der Waals surface area (Å²) in [5, 5.41) is 14.1. The molecule has 2 aromatic carbocycles. The minimum Gasteiger partial charge on any atom is -0.444 e. The third kappa shape index (κ3) is 4.40. The molecule has 2 N–H and O–H groups in total. The van der Waals surface area contributed by atoms with Crippen LogP contribution in [0.5, 0.6) is 0 Å². The number of aliphatic imine (C=N–C) groups is 1. The van der Waals surface area contributed by atoms with Gasteiger partial charge >= 0.3 is 6.09 Å². The van der Waals surface area contributed by atoms with Gasteiger partial charge in [0.15, 0.2) is 5.84 Å². The molecule has 1 fully saturated rings. The molecule has 1 atom stereocenters. The molecule has 0 spiro atoms. The van der Waals surface area contributed by atoms with Gasteiger partial charge in [0.25, 0.3) is 5.91 Å². The van der Waals surface area contributed by atoms with Crippen molar-refractivity contribution in [3.8, 4) is 11.1 Å². The van der Waals surface area contributed by atoms with Crippen LogP contribution in [0.25, 0.3) is 11.1 Å². The van der Waals surface area contributed by atoms with E-state index in [-0.39, 0.29) is 18.5 Å². The summed E-state index contributed by atoms with van der Waals surface area (Å²) in [7, 11) is 0. The lowest BCUT2D eigenvalue weighted by atomic mass is 10.0. The summed E-state index contributed by atoms with van der Waals surface area (Å²) in [5.41, 5.74) is 1.69. The molecule has 8 nitrogen and oxygen atoms in total. The Balaban J connectivity index is 1.73. The molecular weight excluding hydrogens is 379 g/mol. The van der Waals surface area contributed by atoms with Crippen molar-refractivity contribution in [3.63, 3.8) is 0 Å². The quantitative estimate of drug-likeness (QED) is 0.350. The molecule has 3 rings (SSSR count). The van der Waals surface area contributed by atoms with Gasteiger partial charge in [-0.05, 0) is 49.5 Å². The SMILES string of the molecule is C=N/C(CNC(=O)c1ccc(-c2ccc(N3CC(C)OC3=O)cc2F)cc1)=N\O. The Morgan fingerprint density at radius 1 is 1.34 bits per heavy atom. The maximum Gasteiger partial charge on any atom is 0.414 e. The molecule has 1 aliphatic rings. The number of hydrogen-bond acceptors (Lipinski definition) is 5. The number of rotatable bonds is 5. The summed E-state index contributed by atoms with van der Waals surface area (Å²) < 4.78 is 19.7. The molecule has 0 aliphatic carbocycles. The normalized spacial score (nSPS) is 16.5. The van der Waals surface area contributed by atoms with Crippen LogP contribution < -0.4 is 10.2 Å². The third-order valence-corrected chi connectivity index (χ3v) is 4.39. The smallest absolute Gasteiger partial charge is 0.414 e. The average molecular weight is 398 g/mol. The van der Waals surface area contributed by atoms with Crippen molar-refractivity contribution < 1.29 is 23.9 Å². The van der Waals surface area contributed by atoms with Crippen molar-refractivity contribution in [3.05, 3.63) is 53.8 Å². The second-order valence-corrected chi connectivity index (χ2v) is 6.40. The molecule has 1 aliphatic heterocycles. The zero-order chi connectivity index (χ0) is 21.0. The van der Waals surface area contributed by atoms with Gasteiger partial charge in [-0.2, -0.15) is 0 Å². The molecule has 0 radical (unpaired) electrons. The first-order chi connectivity index (χ1) is 13.9. The van der Waals surface area contributed by atoms with Crippen LogP contribution in [0.4, 0.5) is 14.9 Å². The number of halogens is 1. The minimum absolute atomic E-state index is 0.0200. The Hall–Kier alpha value is -3.75. The van der Waals surface area contributed by atoms with Crippen LogP contribution in [0, 0.1) is 5.82 Å². The first kappa shape index (κ1) is 20.0. The van der Waals surface area contributed by atoms with Gasteiger partial charge in [0.1, 0.15) is 11.9 Å². The number of hydrogen-bond donors (Lipinski definition) is 2. The Morgan fingerprint density at radius 3 is 2.62 bits per heavy atom. The van der Waals surface area contributed by atoms with E-state index < -0.39 is 17.8 Å². The third-order valence-electron chi connectivity index (χ3n) is 4.39. The summed E-state index contributed by atoms with van der Waals surface area (Å²) in [6.45, 7) is 5.28. The molecule has 0 saturated carbocycles. The van der Waals surface area contributed by atoms with Gasteiger partial charge < -0.3 is 15.3 Å². The highest BCUT2D eigenvalue weighted by atomic mass is 19.1. The molecule has 9 heteroatoms. The molecule has 0 bridgehead atoms. The van der Waals surface area contributed by atoms with Gasteiger partial charge in [-0.1, -0.05) is 17.3 Å².